The number of hydrogen-bond donors (Lipinski definition) is 1. The maximum absolute atomic E-state index is 13.9. The molecule has 5 heteroatoms. The molecule has 1 aromatic rings. The maximum atomic E-state index is 13.9. The maximum Gasteiger partial charge on any atom is 0.323 e. The van der Waals surface area contributed by atoms with Gasteiger partial charge in [-0.2, -0.15) is 0 Å². The number of esters is 1. The van der Waals surface area contributed by atoms with Crippen LogP contribution in [0.4, 0.5) is 4.39 Å². The number of benzene rings is 1. The van der Waals surface area contributed by atoms with Gasteiger partial charge in [0.15, 0.2) is 0 Å². The monoisotopic (exact) mass is 283 g/mol. The first-order valence-corrected chi connectivity index (χ1v) is 6.59. The van der Waals surface area contributed by atoms with Gasteiger partial charge in [-0.25, -0.2) is 4.39 Å². The number of ether oxygens (including phenoxy) is 1. The van der Waals surface area contributed by atoms with Crippen molar-refractivity contribution in [3.63, 3.8) is 0 Å². The van der Waals surface area contributed by atoms with Crippen LogP contribution in [0.1, 0.15) is 24.8 Å². The Bertz CT molecular complexity index is 541. The minimum atomic E-state index is -0.610. The average molecular weight is 284 g/mol. The highest BCUT2D eigenvalue weighted by molar-refractivity contribution is 6.30. The van der Waals surface area contributed by atoms with Crippen LogP contribution in [0.2, 0.25) is 5.02 Å². The van der Waals surface area contributed by atoms with E-state index in [1.807, 2.05) is 0 Å². The topological polar surface area (TPSA) is 52.3 Å². The van der Waals surface area contributed by atoms with Crippen molar-refractivity contribution in [3.05, 3.63) is 34.6 Å². The second-order valence-corrected chi connectivity index (χ2v) is 6.23. The lowest BCUT2D eigenvalue weighted by atomic mass is 9.31. The summed E-state index contributed by atoms with van der Waals surface area (Å²) < 4.78 is 18.6. The highest BCUT2D eigenvalue weighted by Crippen LogP contribution is 2.75. The van der Waals surface area contributed by atoms with E-state index in [9.17, 15) is 9.18 Å². The Morgan fingerprint density at radius 3 is 2.68 bits per heavy atom. The van der Waals surface area contributed by atoms with E-state index in [1.54, 1.807) is 12.1 Å². The number of hydrogen-bond acceptors (Lipinski definition) is 3. The lowest BCUT2D eigenvalue weighted by Gasteiger charge is -2.72. The Hall–Kier alpha value is -1.13. The number of carbonyl (C=O) groups excluding carboxylic acids is 1. The van der Waals surface area contributed by atoms with Crippen LogP contribution in [0.5, 0.6) is 0 Å². The van der Waals surface area contributed by atoms with E-state index in [2.05, 4.69) is 4.74 Å². The Morgan fingerprint density at radius 1 is 1.47 bits per heavy atom. The molecule has 0 radical (unpaired) electrons. The molecule has 1 aromatic carbocycles. The van der Waals surface area contributed by atoms with Crippen LogP contribution in [-0.2, 0) is 14.9 Å². The van der Waals surface area contributed by atoms with Crippen LogP contribution < -0.4 is 5.73 Å². The number of methoxy groups -OCH3 is 1. The van der Waals surface area contributed by atoms with Crippen molar-refractivity contribution in [1.82, 2.24) is 0 Å². The van der Waals surface area contributed by atoms with Gasteiger partial charge >= 0.3 is 5.97 Å². The normalized spacial score (nSPS) is 33.1. The van der Waals surface area contributed by atoms with Gasteiger partial charge in [-0.1, -0.05) is 11.6 Å². The zero-order valence-electron chi connectivity index (χ0n) is 10.6. The minimum absolute atomic E-state index is 0.180. The number of carbonyl (C=O) groups is 1. The van der Waals surface area contributed by atoms with Crippen molar-refractivity contribution in [2.24, 2.45) is 11.1 Å². The Morgan fingerprint density at radius 2 is 2.11 bits per heavy atom. The molecule has 4 rings (SSSR count). The molecule has 0 aromatic heterocycles. The van der Waals surface area contributed by atoms with Crippen molar-refractivity contribution >= 4 is 17.6 Å². The highest BCUT2D eigenvalue weighted by Gasteiger charge is 2.72. The van der Waals surface area contributed by atoms with Gasteiger partial charge < -0.3 is 10.5 Å². The van der Waals surface area contributed by atoms with Crippen LogP contribution in [0, 0.1) is 11.2 Å². The lowest BCUT2D eigenvalue weighted by molar-refractivity contribution is -0.181. The lowest BCUT2D eigenvalue weighted by Crippen LogP contribution is -2.72. The molecule has 1 unspecified atom stereocenters. The van der Waals surface area contributed by atoms with E-state index in [4.69, 9.17) is 17.3 Å². The first-order valence-electron chi connectivity index (χ1n) is 6.21. The average Bonchev–Trinajstić information content (AvgIpc) is 2.29. The third-order valence-electron chi connectivity index (χ3n) is 4.69. The van der Waals surface area contributed by atoms with Gasteiger partial charge in [-0.3, -0.25) is 4.79 Å². The minimum Gasteiger partial charge on any atom is -0.468 e. The van der Waals surface area contributed by atoms with Crippen molar-refractivity contribution < 1.29 is 13.9 Å². The molecule has 3 saturated carbocycles. The van der Waals surface area contributed by atoms with E-state index in [1.165, 1.54) is 13.2 Å². The summed E-state index contributed by atoms with van der Waals surface area (Å²) in [6.45, 7) is 0. The van der Waals surface area contributed by atoms with Gasteiger partial charge in [0, 0.05) is 10.4 Å². The molecule has 0 saturated heterocycles. The van der Waals surface area contributed by atoms with Gasteiger partial charge in [-0.05, 0) is 48.4 Å². The van der Waals surface area contributed by atoms with Crippen LogP contribution in [0.3, 0.4) is 0 Å². The summed E-state index contributed by atoms with van der Waals surface area (Å²) in [6, 6.07) is 4.01. The summed E-state index contributed by atoms with van der Waals surface area (Å²) in [7, 11) is 1.33. The molecule has 3 fully saturated rings. The van der Waals surface area contributed by atoms with Crippen LogP contribution in [0.25, 0.3) is 0 Å². The number of nitrogens with two attached hydrogens (primary N) is 1. The Balaban J connectivity index is 1.80. The molecule has 0 spiro atoms. The molecule has 1 atom stereocenters. The molecule has 3 aliphatic carbocycles. The first-order chi connectivity index (χ1) is 8.92. The predicted molar refractivity (Wildman–Crippen MR) is 69.4 cm³/mol. The molecule has 0 amide bonds. The Kier molecular flexibility index (Phi) is 2.67. The summed E-state index contributed by atoms with van der Waals surface area (Å²) in [5, 5.41) is 0.535. The second kappa shape index (κ2) is 3.93. The van der Waals surface area contributed by atoms with Gasteiger partial charge in [0.2, 0.25) is 0 Å². The molecule has 3 aliphatic rings. The van der Waals surface area contributed by atoms with Gasteiger partial charge in [-0.15, -0.1) is 0 Å². The van der Waals surface area contributed by atoms with Crippen LogP contribution in [0.15, 0.2) is 18.2 Å². The summed E-state index contributed by atoms with van der Waals surface area (Å²) in [5.74, 6) is -0.621. The zero-order chi connectivity index (χ0) is 13.8. The van der Waals surface area contributed by atoms with Crippen molar-refractivity contribution in [2.45, 2.75) is 30.7 Å². The van der Waals surface area contributed by atoms with E-state index < -0.39 is 6.04 Å². The smallest absolute Gasteiger partial charge is 0.323 e. The zero-order valence-corrected chi connectivity index (χ0v) is 11.3. The van der Waals surface area contributed by atoms with Crippen LogP contribution in [-0.4, -0.2) is 19.1 Å². The molecular weight excluding hydrogens is 269 g/mol. The van der Waals surface area contributed by atoms with E-state index in [0.29, 0.717) is 10.6 Å². The molecule has 0 heterocycles. The number of halogens is 2. The predicted octanol–water partition coefficient (Wildman–Crippen LogP) is 2.40. The quantitative estimate of drug-likeness (QED) is 0.867. The Labute approximate surface area is 115 Å². The molecular formula is C14H15ClFNO2. The fraction of sp³-hybridized carbons (Fsp3) is 0.500. The third kappa shape index (κ3) is 1.63. The molecule has 19 heavy (non-hydrogen) atoms. The number of rotatable bonds is 3. The molecule has 3 nitrogen and oxygen atoms in total. The fourth-order valence-corrected chi connectivity index (χ4v) is 3.93. The molecule has 2 bridgehead atoms. The van der Waals surface area contributed by atoms with Crippen molar-refractivity contribution in [2.75, 3.05) is 7.11 Å². The molecule has 102 valence electrons. The summed E-state index contributed by atoms with van der Waals surface area (Å²) >= 11 is 5.93. The third-order valence-corrected chi connectivity index (χ3v) is 4.92. The van der Waals surface area contributed by atoms with Gasteiger partial charge in [0.25, 0.3) is 0 Å². The second-order valence-electron chi connectivity index (χ2n) is 5.80. The van der Waals surface area contributed by atoms with Gasteiger partial charge in [0.1, 0.15) is 11.9 Å². The summed E-state index contributed by atoms with van der Waals surface area (Å²) in [5.41, 5.74) is 6.18. The SMILES string of the molecule is COC(=O)C(N)C12CC(c3cc(Cl)ccc3F)(C1)C2. The van der Waals surface area contributed by atoms with Gasteiger partial charge in [0.05, 0.1) is 7.11 Å². The molecule has 0 aliphatic heterocycles. The summed E-state index contributed by atoms with van der Waals surface area (Å²) in [4.78, 5) is 11.5. The summed E-state index contributed by atoms with van der Waals surface area (Å²) in [6.07, 6.45) is 2.19. The fourth-order valence-electron chi connectivity index (χ4n) is 3.76. The van der Waals surface area contributed by atoms with E-state index in [0.717, 1.165) is 19.3 Å². The van der Waals surface area contributed by atoms with Crippen LogP contribution >= 0.6 is 11.6 Å². The molecule has 2 N–H and O–H groups in total. The standard InChI is InChI=1S/C14H15ClFNO2/c1-19-12(18)11(17)14-5-13(6-14,7-14)9-4-8(15)2-3-10(9)16/h2-4,11H,5-7,17H2,1H3. The van der Waals surface area contributed by atoms with Crippen molar-refractivity contribution in [3.8, 4) is 0 Å². The van der Waals surface area contributed by atoms with E-state index in [-0.39, 0.29) is 22.6 Å². The van der Waals surface area contributed by atoms with E-state index >= 15 is 0 Å². The largest absolute Gasteiger partial charge is 0.468 e. The van der Waals surface area contributed by atoms with Crippen molar-refractivity contribution in [1.29, 1.82) is 0 Å². The first kappa shape index (κ1) is 12.9. The highest BCUT2D eigenvalue weighted by atomic mass is 35.5.